The molecule has 0 spiro atoms. The van der Waals surface area contributed by atoms with Gasteiger partial charge in [-0.25, -0.2) is 13.1 Å². The summed E-state index contributed by atoms with van der Waals surface area (Å²) < 4.78 is 27.6. The van der Waals surface area contributed by atoms with Gasteiger partial charge in [0.1, 0.15) is 4.90 Å². The van der Waals surface area contributed by atoms with E-state index >= 15 is 0 Å². The lowest BCUT2D eigenvalue weighted by Gasteiger charge is -2.24. The van der Waals surface area contributed by atoms with E-state index in [-0.39, 0.29) is 10.8 Å². The summed E-state index contributed by atoms with van der Waals surface area (Å²) in [6.45, 7) is 3.89. The van der Waals surface area contributed by atoms with E-state index in [1.165, 1.54) is 18.5 Å². The highest BCUT2D eigenvalue weighted by Crippen LogP contribution is 2.28. The fourth-order valence-corrected chi connectivity index (χ4v) is 3.42. The van der Waals surface area contributed by atoms with Crippen molar-refractivity contribution in [1.29, 1.82) is 0 Å². The van der Waals surface area contributed by atoms with Crippen LogP contribution >= 0.6 is 0 Å². The number of para-hydroxylation sites is 1. The second-order valence-electron chi connectivity index (χ2n) is 5.16. The number of sulfonamides is 1. The molecule has 21 heavy (non-hydrogen) atoms. The summed E-state index contributed by atoms with van der Waals surface area (Å²) >= 11 is 0. The SMILES string of the molecule is CC(C)[C@@H](NS(=O)(=O)c1cccnc1)c1ccccc1N. The Morgan fingerprint density at radius 2 is 1.86 bits per heavy atom. The van der Waals surface area contributed by atoms with Crippen molar-refractivity contribution in [2.24, 2.45) is 5.92 Å². The van der Waals surface area contributed by atoms with Crippen LogP contribution < -0.4 is 10.5 Å². The zero-order valence-corrected chi connectivity index (χ0v) is 12.8. The normalized spacial score (nSPS) is 13.3. The van der Waals surface area contributed by atoms with Gasteiger partial charge in [-0.15, -0.1) is 0 Å². The number of anilines is 1. The Balaban J connectivity index is 2.36. The van der Waals surface area contributed by atoms with Crippen LogP contribution in [0.2, 0.25) is 0 Å². The summed E-state index contributed by atoms with van der Waals surface area (Å²) in [6.07, 6.45) is 2.86. The number of nitrogens with one attached hydrogen (secondary N) is 1. The summed E-state index contributed by atoms with van der Waals surface area (Å²) in [5, 5.41) is 0. The maximum Gasteiger partial charge on any atom is 0.242 e. The van der Waals surface area contributed by atoms with Crippen LogP contribution in [0.4, 0.5) is 5.69 Å². The summed E-state index contributed by atoms with van der Waals surface area (Å²) in [7, 11) is -3.64. The number of benzene rings is 1. The van der Waals surface area contributed by atoms with Crippen molar-refractivity contribution in [3.63, 3.8) is 0 Å². The molecule has 0 aliphatic rings. The van der Waals surface area contributed by atoms with Gasteiger partial charge in [-0.1, -0.05) is 32.0 Å². The fraction of sp³-hybridized carbons (Fsp3) is 0.267. The molecule has 0 bridgehead atoms. The second-order valence-corrected chi connectivity index (χ2v) is 6.87. The lowest BCUT2D eigenvalue weighted by molar-refractivity contribution is 0.464. The van der Waals surface area contributed by atoms with Crippen molar-refractivity contribution in [3.05, 3.63) is 54.4 Å². The van der Waals surface area contributed by atoms with Gasteiger partial charge in [-0.05, 0) is 29.7 Å². The quantitative estimate of drug-likeness (QED) is 0.830. The van der Waals surface area contributed by atoms with Crippen molar-refractivity contribution < 1.29 is 8.42 Å². The minimum atomic E-state index is -3.64. The van der Waals surface area contributed by atoms with Gasteiger partial charge in [0.05, 0.1) is 6.04 Å². The first kappa shape index (κ1) is 15.5. The van der Waals surface area contributed by atoms with Crippen LogP contribution in [0, 0.1) is 5.92 Å². The van der Waals surface area contributed by atoms with Gasteiger partial charge in [-0.2, -0.15) is 0 Å². The van der Waals surface area contributed by atoms with Crippen molar-refractivity contribution >= 4 is 15.7 Å². The molecule has 0 unspecified atom stereocenters. The molecule has 2 aromatic rings. The number of nitrogens with two attached hydrogens (primary N) is 1. The number of hydrogen-bond acceptors (Lipinski definition) is 4. The first-order chi connectivity index (χ1) is 9.92. The van der Waals surface area contributed by atoms with Crippen LogP contribution in [0.1, 0.15) is 25.5 Å². The van der Waals surface area contributed by atoms with E-state index in [1.807, 2.05) is 32.0 Å². The van der Waals surface area contributed by atoms with Crippen molar-refractivity contribution in [3.8, 4) is 0 Å². The Kier molecular flexibility index (Phi) is 4.59. The molecule has 1 atom stereocenters. The van der Waals surface area contributed by atoms with Crippen molar-refractivity contribution in [2.45, 2.75) is 24.8 Å². The van der Waals surface area contributed by atoms with Crippen LogP contribution in [0.25, 0.3) is 0 Å². The predicted octanol–water partition coefficient (Wildman–Crippen LogP) is 2.34. The van der Waals surface area contributed by atoms with Crippen molar-refractivity contribution in [1.82, 2.24) is 9.71 Å². The van der Waals surface area contributed by atoms with Gasteiger partial charge in [0.25, 0.3) is 0 Å². The molecule has 1 aromatic heterocycles. The smallest absolute Gasteiger partial charge is 0.242 e. The Labute approximate surface area is 125 Å². The summed E-state index contributed by atoms with van der Waals surface area (Å²) in [5.74, 6) is 0.0566. The molecule has 0 saturated heterocycles. The van der Waals surface area contributed by atoms with Crippen LogP contribution in [0.15, 0.2) is 53.7 Å². The Hall–Kier alpha value is -1.92. The molecule has 0 aliphatic heterocycles. The molecule has 5 nitrogen and oxygen atoms in total. The van der Waals surface area contributed by atoms with Gasteiger partial charge < -0.3 is 5.73 Å². The summed E-state index contributed by atoms with van der Waals surface area (Å²) in [4.78, 5) is 3.99. The number of nitrogens with zero attached hydrogens (tertiary/aromatic N) is 1. The van der Waals surface area contributed by atoms with Gasteiger partial charge in [0.15, 0.2) is 0 Å². The van der Waals surface area contributed by atoms with E-state index in [0.717, 1.165) is 5.56 Å². The minimum Gasteiger partial charge on any atom is -0.398 e. The second kappa shape index (κ2) is 6.24. The maximum atomic E-state index is 12.4. The molecule has 0 saturated carbocycles. The largest absolute Gasteiger partial charge is 0.398 e. The van der Waals surface area contributed by atoms with Gasteiger partial charge in [0, 0.05) is 18.1 Å². The first-order valence-electron chi connectivity index (χ1n) is 6.68. The molecule has 0 fully saturated rings. The Morgan fingerprint density at radius 1 is 1.14 bits per heavy atom. The summed E-state index contributed by atoms with van der Waals surface area (Å²) in [6, 6.07) is 9.99. The molecule has 0 amide bonds. The predicted molar refractivity (Wildman–Crippen MR) is 83.0 cm³/mol. The van der Waals surface area contributed by atoms with E-state index in [1.54, 1.807) is 12.1 Å². The van der Waals surface area contributed by atoms with Gasteiger partial charge >= 0.3 is 0 Å². The number of rotatable bonds is 5. The maximum absolute atomic E-state index is 12.4. The van der Waals surface area contributed by atoms with Gasteiger partial charge in [0.2, 0.25) is 10.0 Å². The average molecular weight is 305 g/mol. The van der Waals surface area contributed by atoms with Crippen LogP contribution in [0.5, 0.6) is 0 Å². The zero-order chi connectivity index (χ0) is 15.5. The fourth-order valence-electron chi connectivity index (χ4n) is 2.09. The minimum absolute atomic E-state index is 0.0566. The molecule has 1 heterocycles. The monoisotopic (exact) mass is 305 g/mol. The third-order valence-electron chi connectivity index (χ3n) is 3.22. The average Bonchev–Trinajstić information content (AvgIpc) is 2.46. The lowest BCUT2D eigenvalue weighted by atomic mass is 9.96. The molecule has 0 radical (unpaired) electrons. The number of hydrogen-bond donors (Lipinski definition) is 2. The topological polar surface area (TPSA) is 85.1 Å². The highest BCUT2D eigenvalue weighted by Gasteiger charge is 2.25. The van der Waals surface area contributed by atoms with Crippen molar-refractivity contribution in [2.75, 3.05) is 5.73 Å². The summed E-state index contributed by atoms with van der Waals surface area (Å²) in [5.41, 5.74) is 7.32. The number of nitrogen functional groups attached to an aromatic ring is 1. The number of pyridine rings is 1. The lowest BCUT2D eigenvalue weighted by Crippen LogP contribution is -2.32. The van der Waals surface area contributed by atoms with Crippen LogP contribution in [-0.2, 0) is 10.0 Å². The molecule has 3 N–H and O–H groups in total. The molecule has 0 aliphatic carbocycles. The van der Waals surface area contributed by atoms with Crippen LogP contribution in [0.3, 0.4) is 0 Å². The Bertz CT molecular complexity index is 700. The molecule has 2 rings (SSSR count). The Morgan fingerprint density at radius 3 is 2.43 bits per heavy atom. The third kappa shape index (κ3) is 3.59. The molecular formula is C15H19N3O2S. The molecule has 6 heteroatoms. The van der Waals surface area contributed by atoms with E-state index in [0.29, 0.717) is 5.69 Å². The van der Waals surface area contributed by atoms with E-state index in [9.17, 15) is 8.42 Å². The van der Waals surface area contributed by atoms with E-state index in [2.05, 4.69) is 9.71 Å². The third-order valence-corrected chi connectivity index (χ3v) is 4.65. The number of aromatic nitrogens is 1. The molecular weight excluding hydrogens is 286 g/mol. The highest BCUT2D eigenvalue weighted by molar-refractivity contribution is 7.89. The first-order valence-corrected chi connectivity index (χ1v) is 8.17. The molecule has 112 valence electrons. The van der Waals surface area contributed by atoms with E-state index in [4.69, 9.17) is 5.73 Å². The molecule has 1 aromatic carbocycles. The standard InChI is InChI=1S/C15H19N3O2S/c1-11(2)15(13-7-3-4-8-14(13)16)18-21(19,20)12-6-5-9-17-10-12/h3-11,15,18H,16H2,1-2H3/t15-/m1/s1. The zero-order valence-electron chi connectivity index (χ0n) is 12.0. The van der Waals surface area contributed by atoms with Crippen LogP contribution in [-0.4, -0.2) is 13.4 Å². The van der Waals surface area contributed by atoms with E-state index < -0.39 is 16.1 Å². The highest BCUT2D eigenvalue weighted by atomic mass is 32.2. The van der Waals surface area contributed by atoms with Gasteiger partial charge in [-0.3, -0.25) is 4.98 Å².